The highest BCUT2D eigenvalue weighted by Crippen LogP contribution is 2.29. The lowest BCUT2D eigenvalue weighted by Crippen LogP contribution is -2.42. The number of carbonyl (C=O) groups is 1. The number of anilines is 1. The molecule has 0 heterocycles. The Morgan fingerprint density at radius 1 is 1.00 bits per heavy atom. The smallest absolute Gasteiger partial charge is 0.264 e. The Balaban J connectivity index is 1.94. The first-order valence-electron chi connectivity index (χ1n) is 10.4. The van der Waals surface area contributed by atoms with Gasteiger partial charge in [0.05, 0.1) is 16.6 Å². The summed E-state index contributed by atoms with van der Waals surface area (Å²) < 4.78 is 28.1. The number of hydrogen-bond donors (Lipinski definition) is 1. The van der Waals surface area contributed by atoms with E-state index in [1.54, 1.807) is 43.3 Å². The number of nitrogens with zero attached hydrogens (tertiary/aromatic N) is 1. The van der Waals surface area contributed by atoms with Crippen molar-refractivity contribution in [2.75, 3.05) is 10.8 Å². The van der Waals surface area contributed by atoms with E-state index in [1.165, 1.54) is 12.1 Å². The number of carbonyl (C=O) groups excluding carboxylic acids is 1. The largest absolute Gasteiger partial charge is 0.348 e. The summed E-state index contributed by atoms with van der Waals surface area (Å²) in [6.45, 7) is 5.41. The molecular weight excluding hydrogens is 444 g/mol. The van der Waals surface area contributed by atoms with Gasteiger partial charge in [0.25, 0.3) is 10.0 Å². The number of benzene rings is 3. The Morgan fingerprint density at radius 3 is 2.28 bits per heavy atom. The summed E-state index contributed by atoms with van der Waals surface area (Å²) in [5.41, 5.74) is 3.18. The van der Waals surface area contributed by atoms with Crippen molar-refractivity contribution < 1.29 is 13.2 Å². The summed E-state index contributed by atoms with van der Waals surface area (Å²) >= 11 is 6.17. The number of rotatable bonds is 8. The van der Waals surface area contributed by atoms with Gasteiger partial charge in [0.1, 0.15) is 6.54 Å². The van der Waals surface area contributed by atoms with E-state index in [2.05, 4.69) is 5.32 Å². The number of nitrogens with one attached hydrogen (secondary N) is 1. The third kappa shape index (κ3) is 5.50. The third-order valence-electron chi connectivity index (χ3n) is 5.28. The van der Waals surface area contributed by atoms with Gasteiger partial charge >= 0.3 is 0 Å². The second kappa shape index (κ2) is 10.2. The molecule has 0 aliphatic rings. The maximum atomic E-state index is 13.5. The monoisotopic (exact) mass is 470 g/mol. The van der Waals surface area contributed by atoms with E-state index in [4.69, 9.17) is 11.6 Å². The molecule has 5 nitrogen and oxygen atoms in total. The van der Waals surface area contributed by atoms with E-state index in [-0.39, 0.29) is 17.5 Å². The van der Waals surface area contributed by atoms with Gasteiger partial charge in [-0.05, 0) is 55.7 Å². The molecule has 0 radical (unpaired) electrons. The zero-order chi connectivity index (χ0) is 23.3. The summed E-state index contributed by atoms with van der Waals surface area (Å²) in [6.07, 6.45) is 0.677. The van der Waals surface area contributed by atoms with Crippen LogP contribution in [0.1, 0.15) is 36.1 Å². The van der Waals surface area contributed by atoms with Crippen LogP contribution in [0, 0.1) is 13.8 Å². The number of sulfonamides is 1. The molecule has 7 heteroatoms. The average molecular weight is 471 g/mol. The minimum atomic E-state index is -3.99. The Kier molecular flexibility index (Phi) is 7.59. The van der Waals surface area contributed by atoms with Gasteiger partial charge in [-0.15, -0.1) is 0 Å². The van der Waals surface area contributed by atoms with Crippen LogP contribution in [0.25, 0.3) is 0 Å². The Morgan fingerprint density at radius 2 is 1.66 bits per heavy atom. The van der Waals surface area contributed by atoms with Crippen LogP contribution < -0.4 is 9.62 Å². The van der Waals surface area contributed by atoms with Crippen LogP contribution >= 0.6 is 11.6 Å². The Hall–Kier alpha value is -2.83. The van der Waals surface area contributed by atoms with Crippen molar-refractivity contribution >= 4 is 33.2 Å². The van der Waals surface area contributed by atoms with Crippen LogP contribution in [0.5, 0.6) is 0 Å². The molecule has 0 unspecified atom stereocenters. The van der Waals surface area contributed by atoms with E-state index < -0.39 is 15.9 Å². The lowest BCUT2D eigenvalue weighted by molar-refractivity contribution is -0.120. The molecule has 0 spiro atoms. The normalized spacial score (nSPS) is 12.2. The quantitative estimate of drug-likeness (QED) is 0.478. The van der Waals surface area contributed by atoms with Gasteiger partial charge in [-0.2, -0.15) is 0 Å². The molecule has 0 fully saturated rings. The van der Waals surface area contributed by atoms with Crippen molar-refractivity contribution in [3.05, 3.63) is 94.5 Å². The Bertz CT molecular complexity index is 1180. The van der Waals surface area contributed by atoms with Crippen molar-refractivity contribution in [3.63, 3.8) is 0 Å². The molecule has 168 valence electrons. The third-order valence-corrected chi connectivity index (χ3v) is 7.29. The summed E-state index contributed by atoms with van der Waals surface area (Å²) in [4.78, 5) is 13.2. The SMILES string of the molecule is CC[C@@H](NC(=O)CN(c1cc(Cl)ccc1C)S(=O)(=O)c1ccccc1)c1ccc(C)cc1. The summed E-state index contributed by atoms with van der Waals surface area (Å²) in [6, 6.07) is 20.8. The van der Waals surface area contributed by atoms with Gasteiger partial charge in [0.2, 0.25) is 5.91 Å². The summed E-state index contributed by atoms with van der Waals surface area (Å²) in [5.74, 6) is -0.392. The summed E-state index contributed by atoms with van der Waals surface area (Å²) in [5, 5.41) is 3.38. The lowest BCUT2D eigenvalue weighted by Gasteiger charge is -2.27. The van der Waals surface area contributed by atoms with Gasteiger partial charge in [0, 0.05) is 5.02 Å². The average Bonchev–Trinajstić information content (AvgIpc) is 2.79. The number of halogens is 1. The molecule has 1 N–H and O–H groups in total. The number of hydrogen-bond acceptors (Lipinski definition) is 3. The van der Waals surface area contributed by atoms with Crippen molar-refractivity contribution in [2.45, 2.75) is 38.1 Å². The molecule has 0 saturated heterocycles. The van der Waals surface area contributed by atoms with E-state index in [0.717, 1.165) is 15.4 Å². The van der Waals surface area contributed by atoms with E-state index in [0.29, 0.717) is 22.7 Å². The molecule has 1 atom stereocenters. The molecule has 0 aliphatic carbocycles. The van der Waals surface area contributed by atoms with Crippen LogP contribution in [0.2, 0.25) is 5.02 Å². The molecule has 0 aliphatic heterocycles. The van der Waals surface area contributed by atoms with E-state index in [9.17, 15) is 13.2 Å². The van der Waals surface area contributed by atoms with Crippen molar-refractivity contribution in [2.24, 2.45) is 0 Å². The maximum absolute atomic E-state index is 13.5. The first-order chi connectivity index (χ1) is 15.2. The zero-order valence-corrected chi connectivity index (χ0v) is 20.0. The predicted octanol–water partition coefficient (Wildman–Crippen LogP) is 5.42. The highest BCUT2D eigenvalue weighted by atomic mass is 35.5. The molecule has 0 saturated carbocycles. The first kappa shape index (κ1) is 23.8. The number of aryl methyl sites for hydroxylation is 2. The maximum Gasteiger partial charge on any atom is 0.264 e. The fraction of sp³-hybridized carbons (Fsp3) is 0.240. The molecule has 0 aromatic heterocycles. The van der Waals surface area contributed by atoms with Crippen molar-refractivity contribution in [1.29, 1.82) is 0 Å². The van der Waals surface area contributed by atoms with Gasteiger partial charge in [0.15, 0.2) is 0 Å². The van der Waals surface area contributed by atoms with Crippen molar-refractivity contribution in [3.8, 4) is 0 Å². The standard InChI is InChI=1S/C25H27ClN2O3S/c1-4-23(20-13-10-18(2)11-14-20)27-25(29)17-28(24-16-21(26)15-12-19(24)3)32(30,31)22-8-6-5-7-9-22/h5-16,23H,4,17H2,1-3H3,(H,27,29)/t23-/m1/s1. The molecule has 3 aromatic carbocycles. The molecule has 1 amide bonds. The second-order valence-corrected chi connectivity index (χ2v) is 9.99. The highest BCUT2D eigenvalue weighted by Gasteiger charge is 2.29. The molecule has 3 rings (SSSR count). The van der Waals surface area contributed by atoms with Gasteiger partial charge in [-0.3, -0.25) is 9.10 Å². The zero-order valence-electron chi connectivity index (χ0n) is 18.4. The Labute approximate surface area is 195 Å². The van der Waals surface area contributed by atoms with Crippen LogP contribution in [-0.2, 0) is 14.8 Å². The van der Waals surface area contributed by atoms with Gasteiger partial charge in [-0.1, -0.05) is 72.6 Å². The molecular formula is C25H27ClN2O3S. The molecule has 32 heavy (non-hydrogen) atoms. The fourth-order valence-electron chi connectivity index (χ4n) is 3.46. The van der Waals surface area contributed by atoms with Gasteiger partial charge in [-0.25, -0.2) is 8.42 Å². The fourth-order valence-corrected chi connectivity index (χ4v) is 5.13. The van der Waals surface area contributed by atoms with Gasteiger partial charge < -0.3 is 5.32 Å². The second-order valence-electron chi connectivity index (χ2n) is 7.69. The predicted molar refractivity (Wildman–Crippen MR) is 130 cm³/mol. The van der Waals surface area contributed by atoms with Crippen LogP contribution in [0.15, 0.2) is 77.7 Å². The minimum Gasteiger partial charge on any atom is -0.348 e. The van der Waals surface area contributed by atoms with Crippen LogP contribution in [0.3, 0.4) is 0 Å². The lowest BCUT2D eigenvalue weighted by atomic mass is 10.0. The van der Waals surface area contributed by atoms with Crippen LogP contribution in [-0.4, -0.2) is 20.9 Å². The molecule has 0 bridgehead atoms. The topological polar surface area (TPSA) is 66.5 Å². The van der Waals surface area contributed by atoms with Crippen molar-refractivity contribution in [1.82, 2.24) is 5.32 Å². The summed E-state index contributed by atoms with van der Waals surface area (Å²) in [7, 11) is -3.99. The highest BCUT2D eigenvalue weighted by molar-refractivity contribution is 7.92. The number of amides is 1. The van der Waals surface area contributed by atoms with Crippen LogP contribution in [0.4, 0.5) is 5.69 Å². The first-order valence-corrected chi connectivity index (χ1v) is 12.2. The minimum absolute atomic E-state index is 0.109. The van der Waals surface area contributed by atoms with E-state index >= 15 is 0 Å². The molecule has 3 aromatic rings. The van der Waals surface area contributed by atoms with E-state index in [1.807, 2.05) is 38.1 Å².